The summed E-state index contributed by atoms with van der Waals surface area (Å²) in [5, 5.41) is 3.37. The van der Waals surface area contributed by atoms with Crippen LogP contribution < -0.4 is 5.32 Å². The number of rotatable bonds is 4. The average Bonchev–Trinajstić information content (AvgIpc) is 2.16. The van der Waals surface area contributed by atoms with E-state index in [1.54, 1.807) is 12.1 Å². The van der Waals surface area contributed by atoms with Gasteiger partial charge < -0.3 is 5.32 Å². The molecule has 1 aromatic heterocycles. The molecular formula is C11H14Cl2N2O. The minimum Gasteiger partial charge on any atom is -0.348 e. The van der Waals surface area contributed by atoms with Gasteiger partial charge in [-0.25, -0.2) is 4.98 Å². The van der Waals surface area contributed by atoms with Crippen molar-refractivity contribution in [1.29, 1.82) is 0 Å². The first kappa shape index (κ1) is 13.3. The fraction of sp³-hybridized carbons (Fsp3) is 0.455. The van der Waals surface area contributed by atoms with Gasteiger partial charge in [0.15, 0.2) is 0 Å². The number of hydrogen-bond donors (Lipinski definition) is 1. The van der Waals surface area contributed by atoms with E-state index in [0.717, 1.165) is 6.42 Å². The summed E-state index contributed by atoms with van der Waals surface area (Å²) in [6.45, 7) is 3.80. The monoisotopic (exact) mass is 260 g/mol. The summed E-state index contributed by atoms with van der Waals surface area (Å²) >= 11 is 11.5. The number of alkyl halides is 1. The predicted molar refractivity (Wildman–Crippen MR) is 66.1 cm³/mol. The zero-order valence-corrected chi connectivity index (χ0v) is 10.7. The number of carbonyl (C=O) groups excluding carboxylic acids is 1. The van der Waals surface area contributed by atoms with Crippen LogP contribution in [0.2, 0.25) is 5.02 Å². The molecule has 2 atom stereocenters. The highest BCUT2D eigenvalue weighted by Crippen LogP contribution is 2.08. The van der Waals surface area contributed by atoms with Crippen molar-refractivity contribution in [3.63, 3.8) is 0 Å². The Morgan fingerprint density at radius 2 is 2.19 bits per heavy atom. The van der Waals surface area contributed by atoms with E-state index in [2.05, 4.69) is 10.3 Å². The zero-order valence-electron chi connectivity index (χ0n) is 9.21. The Hall–Kier alpha value is -0.800. The molecule has 88 valence electrons. The minimum atomic E-state index is -0.207. The lowest BCUT2D eigenvalue weighted by Gasteiger charge is -2.14. The van der Waals surface area contributed by atoms with Crippen molar-refractivity contribution in [2.24, 2.45) is 0 Å². The van der Waals surface area contributed by atoms with Crippen molar-refractivity contribution in [2.45, 2.75) is 31.7 Å². The molecule has 3 nitrogen and oxygen atoms in total. The first-order valence-electron chi connectivity index (χ1n) is 5.05. The molecule has 0 aliphatic rings. The number of nitrogens with zero attached hydrogens (tertiary/aromatic N) is 1. The van der Waals surface area contributed by atoms with Crippen LogP contribution in [0.25, 0.3) is 0 Å². The number of aromatic nitrogens is 1. The quantitative estimate of drug-likeness (QED) is 0.847. The van der Waals surface area contributed by atoms with Gasteiger partial charge in [-0.2, -0.15) is 0 Å². The van der Waals surface area contributed by atoms with Crippen LogP contribution in [0.3, 0.4) is 0 Å². The van der Waals surface area contributed by atoms with Crippen LogP contribution in [0, 0.1) is 0 Å². The summed E-state index contributed by atoms with van der Waals surface area (Å²) in [4.78, 5) is 15.6. The maximum Gasteiger partial charge on any atom is 0.270 e. The van der Waals surface area contributed by atoms with Gasteiger partial charge in [0.2, 0.25) is 0 Å². The first-order valence-corrected chi connectivity index (χ1v) is 5.87. The second-order valence-corrected chi connectivity index (χ2v) is 4.93. The third-order valence-electron chi connectivity index (χ3n) is 2.02. The van der Waals surface area contributed by atoms with Gasteiger partial charge in [0.1, 0.15) is 5.69 Å². The van der Waals surface area contributed by atoms with E-state index in [1.807, 2.05) is 13.8 Å². The van der Waals surface area contributed by atoms with Crippen LogP contribution in [0.15, 0.2) is 18.3 Å². The molecule has 1 amide bonds. The fourth-order valence-corrected chi connectivity index (χ4v) is 1.73. The van der Waals surface area contributed by atoms with E-state index in [-0.39, 0.29) is 17.3 Å². The number of nitrogens with one attached hydrogen (secondary N) is 1. The smallest absolute Gasteiger partial charge is 0.270 e. The Balaban J connectivity index is 2.55. The summed E-state index contributed by atoms with van der Waals surface area (Å²) in [7, 11) is 0. The van der Waals surface area contributed by atoms with Crippen molar-refractivity contribution in [3.8, 4) is 0 Å². The molecule has 0 radical (unpaired) electrons. The van der Waals surface area contributed by atoms with Crippen LogP contribution in [0.4, 0.5) is 0 Å². The van der Waals surface area contributed by atoms with Crippen molar-refractivity contribution >= 4 is 29.1 Å². The predicted octanol–water partition coefficient (Wildman–Crippen LogP) is 2.87. The highest BCUT2D eigenvalue weighted by atomic mass is 35.5. The molecule has 0 saturated heterocycles. The van der Waals surface area contributed by atoms with E-state index < -0.39 is 0 Å². The van der Waals surface area contributed by atoms with Gasteiger partial charge in [-0.05, 0) is 32.4 Å². The molecule has 0 bridgehead atoms. The van der Waals surface area contributed by atoms with Gasteiger partial charge in [0, 0.05) is 17.6 Å². The third kappa shape index (κ3) is 4.37. The van der Waals surface area contributed by atoms with Crippen molar-refractivity contribution in [2.75, 3.05) is 0 Å². The molecule has 0 spiro atoms. The third-order valence-corrected chi connectivity index (χ3v) is 2.42. The van der Waals surface area contributed by atoms with Crippen LogP contribution in [-0.4, -0.2) is 22.3 Å². The summed E-state index contributed by atoms with van der Waals surface area (Å²) in [5.41, 5.74) is 0.360. The molecule has 0 aromatic carbocycles. The molecule has 16 heavy (non-hydrogen) atoms. The Morgan fingerprint density at radius 1 is 1.50 bits per heavy atom. The Morgan fingerprint density at radius 3 is 2.69 bits per heavy atom. The van der Waals surface area contributed by atoms with Crippen molar-refractivity contribution < 1.29 is 4.79 Å². The SMILES string of the molecule is CC(Cl)CC(C)NC(=O)c1ccc(Cl)cn1. The lowest BCUT2D eigenvalue weighted by Crippen LogP contribution is -2.34. The zero-order chi connectivity index (χ0) is 12.1. The standard InChI is InChI=1S/C11H14Cl2N2O/c1-7(12)5-8(2)15-11(16)10-4-3-9(13)6-14-10/h3-4,6-8H,5H2,1-2H3,(H,15,16). The number of halogens is 2. The van der Waals surface area contributed by atoms with Crippen molar-refractivity contribution in [3.05, 3.63) is 29.0 Å². The molecule has 1 heterocycles. The average molecular weight is 261 g/mol. The van der Waals surface area contributed by atoms with Gasteiger partial charge in [0.05, 0.1) is 5.02 Å². The van der Waals surface area contributed by atoms with Gasteiger partial charge >= 0.3 is 0 Å². The lowest BCUT2D eigenvalue weighted by molar-refractivity contribution is 0.0933. The normalized spacial score (nSPS) is 14.2. The molecule has 1 N–H and O–H groups in total. The van der Waals surface area contributed by atoms with E-state index in [0.29, 0.717) is 10.7 Å². The molecule has 0 aliphatic heterocycles. The van der Waals surface area contributed by atoms with Crippen LogP contribution in [0.1, 0.15) is 30.8 Å². The molecule has 1 rings (SSSR count). The first-order chi connectivity index (χ1) is 7.49. The molecular weight excluding hydrogens is 247 g/mol. The largest absolute Gasteiger partial charge is 0.348 e. The van der Waals surface area contributed by atoms with Crippen LogP contribution >= 0.6 is 23.2 Å². The maximum atomic E-state index is 11.7. The number of pyridine rings is 1. The molecule has 5 heteroatoms. The van der Waals surface area contributed by atoms with Gasteiger partial charge in [0.25, 0.3) is 5.91 Å². The Kier molecular flexibility index (Phi) is 5.03. The number of carbonyl (C=O) groups is 1. The van der Waals surface area contributed by atoms with E-state index in [1.165, 1.54) is 6.20 Å². The van der Waals surface area contributed by atoms with Gasteiger partial charge in [-0.1, -0.05) is 11.6 Å². The fourth-order valence-electron chi connectivity index (χ4n) is 1.35. The summed E-state index contributed by atoms with van der Waals surface area (Å²) in [6, 6.07) is 3.25. The van der Waals surface area contributed by atoms with E-state index in [4.69, 9.17) is 23.2 Å². The van der Waals surface area contributed by atoms with Gasteiger partial charge in [-0.15, -0.1) is 11.6 Å². The maximum absolute atomic E-state index is 11.7. The second-order valence-electron chi connectivity index (χ2n) is 3.75. The van der Waals surface area contributed by atoms with E-state index >= 15 is 0 Å². The topological polar surface area (TPSA) is 42.0 Å². The summed E-state index contributed by atoms with van der Waals surface area (Å²) in [5.74, 6) is -0.207. The molecule has 2 unspecified atom stereocenters. The molecule has 1 aromatic rings. The van der Waals surface area contributed by atoms with Crippen LogP contribution in [0.5, 0.6) is 0 Å². The lowest BCUT2D eigenvalue weighted by atomic mass is 10.2. The molecule has 0 saturated carbocycles. The van der Waals surface area contributed by atoms with Crippen molar-refractivity contribution in [1.82, 2.24) is 10.3 Å². The minimum absolute atomic E-state index is 0.0254. The van der Waals surface area contributed by atoms with Gasteiger partial charge in [-0.3, -0.25) is 4.79 Å². The van der Waals surface area contributed by atoms with E-state index in [9.17, 15) is 4.79 Å². The number of hydrogen-bond acceptors (Lipinski definition) is 2. The molecule has 0 aliphatic carbocycles. The van der Waals surface area contributed by atoms with Crippen LogP contribution in [-0.2, 0) is 0 Å². The highest BCUT2D eigenvalue weighted by Gasteiger charge is 2.12. The highest BCUT2D eigenvalue weighted by molar-refractivity contribution is 6.30. The summed E-state index contributed by atoms with van der Waals surface area (Å²) in [6.07, 6.45) is 2.17. The Labute approximate surface area is 105 Å². The second kappa shape index (κ2) is 6.06. The summed E-state index contributed by atoms with van der Waals surface area (Å²) < 4.78 is 0. The molecule has 0 fully saturated rings. The number of amides is 1. The Bertz CT molecular complexity index is 352.